The highest BCUT2D eigenvalue weighted by atomic mass is 35.5. The minimum absolute atomic E-state index is 0.0593. The summed E-state index contributed by atoms with van der Waals surface area (Å²) in [6, 6.07) is 15.2. The van der Waals surface area contributed by atoms with Crippen molar-refractivity contribution in [1.29, 1.82) is 0 Å². The van der Waals surface area contributed by atoms with Gasteiger partial charge in [0.1, 0.15) is 0 Å². The fourth-order valence-corrected chi connectivity index (χ4v) is 2.01. The molecule has 1 N–H and O–H groups in total. The zero-order valence-corrected chi connectivity index (χ0v) is 10.5. The molecule has 92 valence electrons. The van der Waals surface area contributed by atoms with Crippen LogP contribution in [0.4, 0.5) is 0 Å². The van der Waals surface area contributed by atoms with Gasteiger partial charge in [0.15, 0.2) is 0 Å². The number of carboxylic acid groups (broad SMARTS) is 1. The topological polar surface area (TPSA) is 37.3 Å². The number of carboxylic acids is 1. The van der Waals surface area contributed by atoms with Gasteiger partial charge in [-0.25, -0.2) is 0 Å². The quantitative estimate of drug-likeness (QED) is 0.913. The van der Waals surface area contributed by atoms with E-state index in [4.69, 9.17) is 16.7 Å². The number of aliphatic carboxylic acids is 1. The molecule has 2 aromatic carbocycles. The van der Waals surface area contributed by atoms with E-state index in [-0.39, 0.29) is 6.42 Å². The summed E-state index contributed by atoms with van der Waals surface area (Å²) in [4.78, 5) is 10.8. The fraction of sp³-hybridized carbons (Fsp3) is 0.133. The summed E-state index contributed by atoms with van der Waals surface area (Å²) >= 11 is 5.84. The number of rotatable bonds is 4. The van der Waals surface area contributed by atoms with E-state index in [1.54, 1.807) is 0 Å². The summed E-state index contributed by atoms with van der Waals surface area (Å²) in [6.45, 7) is 0. The summed E-state index contributed by atoms with van der Waals surface area (Å²) in [6.07, 6.45) is 0.782. The average Bonchev–Trinajstić information content (AvgIpc) is 2.34. The zero-order valence-electron chi connectivity index (χ0n) is 9.77. The van der Waals surface area contributed by atoms with Gasteiger partial charge in [0.05, 0.1) is 6.42 Å². The maximum absolute atomic E-state index is 10.8. The Balaban J connectivity index is 2.23. The van der Waals surface area contributed by atoms with E-state index in [9.17, 15) is 4.79 Å². The molecule has 0 amide bonds. The Kier molecular flexibility index (Phi) is 4.00. The second-order valence-electron chi connectivity index (χ2n) is 4.14. The number of halogens is 1. The molecule has 2 rings (SSSR count). The van der Waals surface area contributed by atoms with E-state index >= 15 is 0 Å². The first kappa shape index (κ1) is 12.7. The van der Waals surface area contributed by atoms with Gasteiger partial charge >= 0.3 is 5.97 Å². The molecule has 3 heteroatoms. The highest BCUT2D eigenvalue weighted by Gasteiger charge is 2.06. The molecule has 0 aromatic heterocycles. The Labute approximate surface area is 111 Å². The molecule has 0 saturated heterocycles. The molecule has 0 bridgehead atoms. The first-order valence-corrected chi connectivity index (χ1v) is 6.06. The first-order valence-electron chi connectivity index (χ1n) is 5.68. The van der Waals surface area contributed by atoms with E-state index in [0.29, 0.717) is 5.02 Å². The van der Waals surface area contributed by atoms with E-state index < -0.39 is 5.97 Å². The van der Waals surface area contributed by atoms with E-state index in [0.717, 1.165) is 23.1 Å². The molecule has 0 heterocycles. The van der Waals surface area contributed by atoms with Gasteiger partial charge in [-0.05, 0) is 35.2 Å². The third kappa shape index (κ3) is 3.34. The molecule has 0 saturated carbocycles. The predicted octanol–water partition coefficient (Wildman–Crippen LogP) is 3.56. The first-order chi connectivity index (χ1) is 8.65. The van der Waals surface area contributed by atoms with Crippen LogP contribution < -0.4 is 0 Å². The van der Waals surface area contributed by atoms with E-state index in [1.165, 1.54) is 0 Å². The fourth-order valence-electron chi connectivity index (χ4n) is 1.89. The average molecular weight is 261 g/mol. The lowest BCUT2D eigenvalue weighted by Gasteiger charge is -2.07. The van der Waals surface area contributed by atoms with Crippen molar-refractivity contribution < 1.29 is 9.90 Å². The second kappa shape index (κ2) is 5.69. The molecule has 0 radical (unpaired) electrons. The van der Waals surface area contributed by atoms with Gasteiger partial charge < -0.3 is 5.11 Å². The van der Waals surface area contributed by atoms with Crippen LogP contribution in [-0.4, -0.2) is 11.1 Å². The maximum atomic E-state index is 10.8. The van der Waals surface area contributed by atoms with Crippen molar-refractivity contribution in [1.82, 2.24) is 0 Å². The van der Waals surface area contributed by atoms with Gasteiger partial charge in [0, 0.05) is 5.02 Å². The molecule has 0 fully saturated rings. The third-order valence-corrected chi connectivity index (χ3v) is 3.02. The maximum Gasteiger partial charge on any atom is 0.307 e. The summed E-state index contributed by atoms with van der Waals surface area (Å²) in [7, 11) is 0. The highest BCUT2D eigenvalue weighted by molar-refractivity contribution is 6.30. The molecule has 0 aliphatic rings. The monoisotopic (exact) mass is 260 g/mol. The van der Waals surface area contributed by atoms with Crippen molar-refractivity contribution in [2.45, 2.75) is 12.8 Å². The Morgan fingerprint density at radius 1 is 1.00 bits per heavy atom. The summed E-state index contributed by atoms with van der Waals surface area (Å²) < 4.78 is 0. The third-order valence-electron chi connectivity index (χ3n) is 2.77. The molecular weight excluding hydrogens is 248 g/mol. The van der Waals surface area contributed by atoms with E-state index in [1.807, 2.05) is 48.5 Å². The molecule has 0 atom stereocenters. The van der Waals surface area contributed by atoms with Crippen LogP contribution in [0, 0.1) is 0 Å². The van der Waals surface area contributed by atoms with Crippen molar-refractivity contribution in [2.75, 3.05) is 0 Å². The lowest BCUT2D eigenvalue weighted by atomic mass is 9.98. The van der Waals surface area contributed by atoms with E-state index in [2.05, 4.69) is 0 Å². The minimum Gasteiger partial charge on any atom is -0.481 e. The van der Waals surface area contributed by atoms with Crippen LogP contribution in [0.3, 0.4) is 0 Å². The zero-order chi connectivity index (χ0) is 13.0. The predicted molar refractivity (Wildman–Crippen MR) is 72.0 cm³/mol. The lowest BCUT2D eigenvalue weighted by molar-refractivity contribution is -0.136. The van der Waals surface area contributed by atoms with Gasteiger partial charge in [-0.2, -0.15) is 0 Å². The SMILES string of the molecule is O=C(O)Cc1ccccc1Cc1ccc(Cl)cc1. The smallest absolute Gasteiger partial charge is 0.307 e. The Bertz CT molecular complexity index is 547. The summed E-state index contributed by atoms with van der Waals surface area (Å²) in [5, 5.41) is 9.58. The van der Waals surface area contributed by atoms with Crippen LogP contribution in [0.25, 0.3) is 0 Å². The standard InChI is InChI=1S/C15H13ClO2/c16-14-7-5-11(6-8-14)9-12-3-1-2-4-13(12)10-15(17)18/h1-8H,9-10H2,(H,17,18). The number of benzene rings is 2. The molecule has 2 nitrogen and oxygen atoms in total. The number of hydrogen-bond acceptors (Lipinski definition) is 1. The molecule has 0 aliphatic heterocycles. The van der Waals surface area contributed by atoms with Crippen LogP contribution in [0.15, 0.2) is 48.5 Å². The largest absolute Gasteiger partial charge is 0.481 e. The van der Waals surface area contributed by atoms with Gasteiger partial charge in [0.2, 0.25) is 0 Å². The van der Waals surface area contributed by atoms with Crippen LogP contribution in [0.5, 0.6) is 0 Å². The summed E-state index contributed by atoms with van der Waals surface area (Å²) in [5.41, 5.74) is 3.03. The minimum atomic E-state index is -0.807. The number of hydrogen-bond donors (Lipinski definition) is 1. The van der Waals surface area contributed by atoms with Crippen LogP contribution in [0.2, 0.25) is 5.02 Å². The Hall–Kier alpha value is -1.80. The van der Waals surface area contributed by atoms with Crippen molar-refractivity contribution in [3.8, 4) is 0 Å². The van der Waals surface area contributed by atoms with Crippen molar-refractivity contribution in [3.05, 3.63) is 70.2 Å². The Morgan fingerprint density at radius 3 is 2.22 bits per heavy atom. The van der Waals surface area contributed by atoms with Gasteiger partial charge in [0.25, 0.3) is 0 Å². The van der Waals surface area contributed by atoms with Crippen molar-refractivity contribution >= 4 is 17.6 Å². The molecular formula is C15H13ClO2. The van der Waals surface area contributed by atoms with Gasteiger partial charge in [-0.3, -0.25) is 4.79 Å². The molecule has 2 aromatic rings. The highest BCUT2D eigenvalue weighted by Crippen LogP contribution is 2.17. The van der Waals surface area contributed by atoms with Crippen LogP contribution >= 0.6 is 11.6 Å². The Morgan fingerprint density at radius 2 is 1.61 bits per heavy atom. The van der Waals surface area contributed by atoms with Crippen molar-refractivity contribution in [3.63, 3.8) is 0 Å². The summed E-state index contributed by atoms with van der Waals surface area (Å²) in [5.74, 6) is -0.807. The molecule has 0 aliphatic carbocycles. The second-order valence-corrected chi connectivity index (χ2v) is 4.58. The lowest BCUT2D eigenvalue weighted by Crippen LogP contribution is -2.03. The molecule has 0 spiro atoms. The van der Waals surface area contributed by atoms with Crippen LogP contribution in [0.1, 0.15) is 16.7 Å². The van der Waals surface area contributed by atoms with Gasteiger partial charge in [-0.15, -0.1) is 0 Å². The number of carbonyl (C=O) groups is 1. The molecule has 18 heavy (non-hydrogen) atoms. The van der Waals surface area contributed by atoms with Crippen molar-refractivity contribution in [2.24, 2.45) is 0 Å². The van der Waals surface area contributed by atoms with Gasteiger partial charge in [-0.1, -0.05) is 48.0 Å². The normalized spacial score (nSPS) is 10.3. The molecule has 0 unspecified atom stereocenters. The van der Waals surface area contributed by atoms with Crippen LogP contribution in [-0.2, 0) is 17.6 Å².